The molecule has 0 radical (unpaired) electrons. The van der Waals surface area contributed by atoms with Crippen molar-refractivity contribution in [1.29, 1.82) is 5.26 Å². The van der Waals surface area contributed by atoms with Crippen LogP contribution in [0, 0.1) is 11.3 Å². The number of rotatable bonds is 3. The molecule has 0 fully saturated rings. The van der Waals surface area contributed by atoms with Gasteiger partial charge in [0, 0.05) is 6.54 Å². The monoisotopic (exact) mass is 293 g/mol. The molecular weight excluding hydrogens is 274 g/mol. The molecule has 0 bridgehead atoms. The second kappa shape index (κ2) is 5.98. The van der Waals surface area contributed by atoms with Crippen LogP contribution >= 0.6 is 0 Å². The van der Waals surface area contributed by atoms with Crippen molar-refractivity contribution in [2.45, 2.75) is 26.0 Å². The number of benzene rings is 2. The number of hydrogen-bond donors (Lipinski definition) is 1. The minimum absolute atomic E-state index is 0.142. The van der Waals surface area contributed by atoms with Gasteiger partial charge in [0.1, 0.15) is 17.5 Å². The number of nitriles is 1. The number of nitrogen functional groups attached to an aromatic ring is 1. The maximum Gasteiger partial charge on any atom is 0.145 e. The zero-order chi connectivity index (χ0) is 15.5. The van der Waals surface area contributed by atoms with Crippen LogP contribution < -0.4 is 15.4 Å². The first kappa shape index (κ1) is 14.3. The van der Waals surface area contributed by atoms with Crippen molar-refractivity contribution in [2.24, 2.45) is 0 Å². The van der Waals surface area contributed by atoms with Crippen LogP contribution in [0.1, 0.15) is 24.5 Å². The van der Waals surface area contributed by atoms with Crippen LogP contribution in [0.25, 0.3) is 0 Å². The van der Waals surface area contributed by atoms with Crippen LogP contribution in [0.3, 0.4) is 0 Å². The van der Waals surface area contributed by atoms with Crippen molar-refractivity contribution in [3.8, 4) is 11.8 Å². The van der Waals surface area contributed by atoms with Gasteiger partial charge in [-0.2, -0.15) is 5.26 Å². The average Bonchev–Trinajstić information content (AvgIpc) is 2.55. The second-order valence-corrected chi connectivity index (χ2v) is 5.49. The first-order chi connectivity index (χ1) is 10.7. The lowest BCUT2D eigenvalue weighted by atomic mass is 10.1. The molecule has 1 atom stereocenters. The van der Waals surface area contributed by atoms with Gasteiger partial charge >= 0.3 is 0 Å². The molecule has 4 nitrogen and oxygen atoms in total. The molecule has 1 unspecified atom stereocenters. The SMILES string of the molecule is CCC1CN(Cc2ccccc2C#N)c2c(N)cccc2O1. The number of hydrogen-bond acceptors (Lipinski definition) is 4. The Hall–Kier alpha value is -2.67. The van der Waals surface area contributed by atoms with Gasteiger partial charge in [0.05, 0.1) is 23.9 Å². The quantitative estimate of drug-likeness (QED) is 0.882. The summed E-state index contributed by atoms with van der Waals surface area (Å²) in [7, 11) is 0. The summed E-state index contributed by atoms with van der Waals surface area (Å²) in [5.74, 6) is 0.826. The molecule has 3 rings (SSSR count). The van der Waals surface area contributed by atoms with E-state index in [1.54, 1.807) is 0 Å². The first-order valence-electron chi connectivity index (χ1n) is 7.51. The van der Waals surface area contributed by atoms with Crippen molar-refractivity contribution in [2.75, 3.05) is 17.2 Å². The summed E-state index contributed by atoms with van der Waals surface area (Å²) in [6.45, 7) is 3.55. The summed E-state index contributed by atoms with van der Waals surface area (Å²) in [4.78, 5) is 2.22. The Bertz CT molecular complexity index is 721. The van der Waals surface area contributed by atoms with Gasteiger partial charge in [-0.3, -0.25) is 0 Å². The standard InChI is InChI=1S/C18H19N3O/c1-2-15-12-21(11-14-7-4-3-6-13(14)10-19)18-16(20)8-5-9-17(18)22-15/h3-9,15H,2,11-12,20H2,1H3. The molecule has 0 saturated carbocycles. The fourth-order valence-corrected chi connectivity index (χ4v) is 2.86. The van der Waals surface area contributed by atoms with Crippen LogP contribution in [0.4, 0.5) is 11.4 Å². The Balaban J connectivity index is 1.98. The maximum atomic E-state index is 9.28. The maximum absolute atomic E-state index is 9.28. The predicted octanol–water partition coefficient (Wildman–Crippen LogP) is 3.32. The van der Waals surface area contributed by atoms with Crippen LogP contribution in [0.15, 0.2) is 42.5 Å². The third kappa shape index (κ3) is 2.58. The van der Waals surface area contributed by atoms with Gasteiger partial charge in [0.15, 0.2) is 0 Å². The molecule has 0 spiro atoms. The number of anilines is 2. The largest absolute Gasteiger partial charge is 0.486 e. The summed E-state index contributed by atoms with van der Waals surface area (Å²) >= 11 is 0. The molecule has 1 aliphatic heterocycles. The highest BCUT2D eigenvalue weighted by Gasteiger charge is 2.26. The summed E-state index contributed by atoms with van der Waals surface area (Å²) < 4.78 is 6.00. The Labute approximate surface area is 130 Å². The van der Waals surface area contributed by atoms with Gasteiger partial charge in [-0.15, -0.1) is 0 Å². The van der Waals surface area contributed by atoms with Crippen LogP contribution in [0.2, 0.25) is 0 Å². The lowest BCUT2D eigenvalue weighted by molar-refractivity contribution is 0.189. The van der Waals surface area contributed by atoms with Crippen molar-refractivity contribution in [3.05, 3.63) is 53.6 Å². The topological polar surface area (TPSA) is 62.3 Å². The zero-order valence-electron chi connectivity index (χ0n) is 12.6. The minimum Gasteiger partial charge on any atom is -0.486 e. The third-order valence-electron chi connectivity index (χ3n) is 4.02. The van der Waals surface area contributed by atoms with Gasteiger partial charge in [-0.25, -0.2) is 0 Å². The lowest BCUT2D eigenvalue weighted by Crippen LogP contribution is -2.39. The van der Waals surface area contributed by atoms with Crippen molar-refractivity contribution >= 4 is 11.4 Å². The summed E-state index contributed by atoms with van der Waals surface area (Å²) in [5, 5.41) is 9.28. The Morgan fingerprint density at radius 1 is 1.27 bits per heavy atom. The smallest absolute Gasteiger partial charge is 0.145 e. The molecule has 112 valence electrons. The summed E-state index contributed by atoms with van der Waals surface area (Å²) in [5.41, 5.74) is 9.51. The molecule has 1 aliphatic rings. The van der Waals surface area contributed by atoms with Crippen LogP contribution in [-0.2, 0) is 6.54 Å². The van der Waals surface area contributed by atoms with E-state index in [-0.39, 0.29) is 6.10 Å². The number of nitrogens with two attached hydrogens (primary N) is 1. The summed E-state index contributed by atoms with van der Waals surface area (Å²) in [6.07, 6.45) is 1.08. The number of nitrogens with zero attached hydrogens (tertiary/aromatic N) is 2. The van der Waals surface area contributed by atoms with Crippen LogP contribution in [-0.4, -0.2) is 12.6 Å². The fourth-order valence-electron chi connectivity index (χ4n) is 2.86. The average molecular weight is 293 g/mol. The van der Waals surface area contributed by atoms with Gasteiger partial charge in [0.2, 0.25) is 0 Å². The molecule has 2 aromatic carbocycles. The van der Waals surface area contributed by atoms with Crippen LogP contribution in [0.5, 0.6) is 5.75 Å². The number of para-hydroxylation sites is 1. The molecule has 4 heteroatoms. The number of ether oxygens (including phenoxy) is 1. The first-order valence-corrected chi connectivity index (χ1v) is 7.51. The fraction of sp³-hybridized carbons (Fsp3) is 0.278. The van der Waals surface area contributed by atoms with Gasteiger partial charge in [-0.1, -0.05) is 31.2 Å². The molecule has 2 aromatic rings. The van der Waals surface area contributed by atoms with Gasteiger partial charge in [-0.05, 0) is 30.2 Å². The second-order valence-electron chi connectivity index (χ2n) is 5.49. The predicted molar refractivity (Wildman–Crippen MR) is 87.8 cm³/mol. The van der Waals surface area contributed by atoms with Crippen molar-refractivity contribution in [3.63, 3.8) is 0 Å². The van der Waals surface area contributed by atoms with E-state index < -0.39 is 0 Å². The highest BCUT2D eigenvalue weighted by molar-refractivity contribution is 5.76. The highest BCUT2D eigenvalue weighted by Crippen LogP contribution is 2.39. The van der Waals surface area contributed by atoms with Crippen molar-refractivity contribution < 1.29 is 4.74 Å². The normalized spacial score (nSPS) is 16.5. The Morgan fingerprint density at radius 2 is 2.09 bits per heavy atom. The van der Waals surface area contributed by atoms with E-state index in [1.807, 2.05) is 42.5 Å². The molecule has 1 heterocycles. The van der Waals surface area contributed by atoms with E-state index in [9.17, 15) is 5.26 Å². The van der Waals surface area contributed by atoms with Gasteiger partial charge < -0.3 is 15.4 Å². The summed E-state index contributed by atoms with van der Waals surface area (Å²) in [6, 6.07) is 15.7. The molecule has 22 heavy (non-hydrogen) atoms. The Kier molecular flexibility index (Phi) is 3.88. The lowest BCUT2D eigenvalue weighted by Gasteiger charge is -2.37. The number of fused-ring (bicyclic) bond motifs is 1. The molecular formula is C18H19N3O. The van der Waals surface area contributed by atoms with Crippen molar-refractivity contribution in [1.82, 2.24) is 0 Å². The zero-order valence-corrected chi connectivity index (χ0v) is 12.6. The minimum atomic E-state index is 0.142. The highest BCUT2D eigenvalue weighted by atomic mass is 16.5. The molecule has 0 amide bonds. The molecule has 0 aliphatic carbocycles. The van der Waals surface area contributed by atoms with E-state index in [2.05, 4.69) is 17.9 Å². The molecule has 0 saturated heterocycles. The van der Waals surface area contributed by atoms with E-state index in [4.69, 9.17) is 10.5 Å². The third-order valence-corrected chi connectivity index (χ3v) is 4.02. The van der Waals surface area contributed by atoms with E-state index >= 15 is 0 Å². The van der Waals surface area contributed by atoms with E-state index in [0.717, 1.165) is 30.0 Å². The van der Waals surface area contributed by atoms with E-state index in [1.165, 1.54) is 0 Å². The molecule has 0 aromatic heterocycles. The van der Waals surface area contributed by atoms with E-state index in [0.29, 0.717) is 17.8 Å². The molecule has 2 N–H and O–H groups in total. The van der Waals surface area contributed by atoms with Gasteiger partial charge in [0.25, 0.3) is 0 Å². The Morgan fingerprint density at radius 3 is 2.86 bits per heavy atom.